The molecule has 4 heteroatoms. The fourth-order valence-electron chi connectivity index (χ4n) is 3.38. The molecule has 1 N–H and O–H groups in total. The molecule has 0 aliphatic heterocycles. The molecular formula is C25H41NO3. The summed E-state index contributed by atoms with van der Waals surface area (Å²) in [7, 11) is 0. The van der Waals surface area contributed by atoms with Crippen molar-refractivity contribution in [1.82, 2.24) is 5.32 Å². The van der Waals surface area contributed by atoms with E-state index in [9.17, 15) is 9.59 Å². The van der Waals surface area contributed by atoms with Crippen LogP contribution in [0.5, 0.6) is 0 Å². The predicted octanol–water partition coefficient (Wildman–Crippen LogP) is 6.50. The Labute approximate surface area is 177 Å². The first-order chi connectivity index (χ1) is 14.1. The molecule has 0 fully saturated rings. The second kappa shape index (κ2) is 17.1. The molecular weight excluding hydrogens is 362 g/mol. The molecule has 1 rings (SSSR count). The van der Waals surface area contributed by atoms with Crippen molar-refractivity contribution < 1.29 is 14.3 Å². The fourth-order valence-corrected chi connectivity index (χ4v) is 3.38. The summed E-state index contributed by atoms with van der Waals surface area (Å²) >= 11 is 0. The molecule has 1 aromatic carbocycles. The van der Waals surface area contributed by atoms with Crippen LogP contribution in [0.25, 0.3) is 0 Å². The minimum atomic E-state index is -0.190. The van der Waals surface area contributed by atoms with Gasteiger partial charge in [0.05, 0.1) is 12.6 Å². The van der Waals surface area contributed by atoms with E-state index in [2.05, 4.69) is 12.2 Å². The normalized spacial score (nSPS) is 11.8. The van der Waals surface area contributed by atoms with Crippen LogP contribution < -0.4 is 5.32 Å². The van der Waals surface area contributed by atoms with Crippen molar-refractivity contribution >= 4 is 11.9 Å². The van der Waals surface area contributed by atoms with E-state index in [0.29, 0.717) is 25.9 Å². The van der Waals surface area contributed by atoms with Crippen molar-refractivity contribution in [1.29, 1.82) is 0 Å². The predicted molar refractivity (Wildman–Crippen MR) is 120 cm³/mol. The molecule has 0 radical (unpaired) electrons. The number of nitrogens with one attached hydrogen (secondary N) is 1. The van der Waals surface area contributed by atoms with Crippen molar-refractivity contribution in [2.24, 2.45) is 0 Å². The molecule has 4 nitrogen and oxygen atoms in total. The lowest BCUT2D eigenvalue weighted by molar-refractivity contribution is -0.143. The van der Waals surface area contributed by atoms with E-state index >= 15 is 0 Å². The number of carbonyl (C=O) groups is 2. The molecule has 0 saturated carbocycles. The summed E-state index contributed by atoms with van der Waals surface area (Å²) in [5, 5.41) is 2.97. The van der Waals surface area contributed by atoms with Crippen LogP contribution in [-0.2, 0) is 14.3 Å². The number of carbonyl (C=O) groups excluding carboxylic acids is 2. The summed E-state index contributed by atoms with van der Waals surface area (Å²) < 4.78 is 5.28. The summed E-state index contributed by atoms with van der Waals surface area (Å²) in [4.78, 5) is 23.8. The first kappa shape index (κ1) is 25.2. The number of amides is 1. The van der Waals surface area contributed by atoms with Crippen molar-refractivity contribution in [3.8, 4) is 0 Å². The molecule has 0 saturated heterocycles. The van der Waals surface area contributed by atoms with Gasteiger partial charge >= 0.3 is 5.97 Å². The molecule has 29 heavy (non-hydrogen) atoms. The Morgan fingerprint density at radius 2 is 1.41 bits per heavy atom. The maximum absolute atomic E-state index is 12.0. The highest BCUT2D eigenvalue weighted by molar-refractivity contribution is 5.77. The second-order valence-electron chi connectivity index (χ2n) is 7.96. The van der Waals surface area contributed by atoms with E-state index in [0.717, 1.165) is 18.4 Å². The number of hydrogen-bond acceptors (Lipinski definition) is 3. The topological polar surface area (TPSA) is 55.4 Å². The van der Waals surface area contributed by atoms with E-state index in [-0.39, 0.29) is 17.9 Å². The largest absolute Gasteiger partial charge is 0.466 e. The van der Waals surface area contributed by atoms with Crippen molar-refractivity contribution in [2.75, 3.05) is 6.61 Å². The Morgan fingerprint density at radius 1 is 0.828 bits per heavy atom. The van der Waals surface area contributed by atoms with Gasteiger partial charge in [-0.2, -0.15) is 0 Å². The number of unbranched alkanes of at least 4 members (excludes halogenated alkanes) is 9. The molecule has 0 aliphatic carbocycles. The van der Waals surface area contributed by atoms with Gasteiger partial charge < -0.3 is 10.1 Å². The van der Waals surface area contributed by atoms with Crippen molar-refractivity contribution in [3.05, 3.63) is 35.9 Å². The SMILES string of the molecule is CCCCCCCCCCCCOC(=O)CCCC(=O)NC(C)c1ccccc1. The highest BCUT2D eigenvalue weighted by Gasteiger charge is 2.10. The summed E-state index contributed by atoms with van der Waals surface area (Å²) in [5.41, 5.74) is 1.08. The van der Waals surface area contributed by atoms with E-state index in [1.165, 1.54) is 51.4 Å². The molecule has 0 heterocycles. The molecule has 0 bridgehead atoms. The smallest absolute Gasteiger partial charge is 0.305 e. The van der Waals surface area contributed by atoms with Crippen molar-refractivity contribution in [3.63, 3.8) is 0 Å². The van der Waals surface area contributed by atoms with Gasteiger partial charge in [0, 0.05) is 12.8 Å². The van der Waals surface area contributed by atoms with E-state index < -0.39 is 0 Å². The average Bonchev–Trinajstić information content (AvgIpc) is 2.72. The molecule has 164 valence electrons. The molecule has 0 spiro atoms. The van der Waals surface area contributed by atoms with Gasteiger partial charge in [-0.1, -0.05) is 95.0 Å². The maximum Gasteiger partial charge on any atom is 0.305 e. The summed E-state index contributed by atoms with van der Waals surface area (Å²) in [6, 6.07) is 9.85. The van der Waals surface area contributed by atoms with E-state index in [1.54, 1.807) is 0 Å². The fraction of sp³-hybridized carbons (Fsp3) is 0.680. The Kier molecular flexibility index (Phi) is 14.8. The standard InChI is InChI=1S/C25H41NO3/c1-3-4-5-6-7-8-9-10-11-15-21-29-25(28)20-16-19-24(27)26-22(2)23-17-13-12-14-18-23/h12-14,17-18,22H,3-11,15-16,19-21H2,1-2H3,(H,26,27). The van der Waals surface area contributed by atoms with E-state index in [4.69, 9.17) is 4.74 Å². The van der Waals surface area contributed by atoms with Crippen LogP contribution >= 0.6 is 0 Å². The summed E-state index contributed by atoms with van der Waals surface area (Å²) in [5.74, 6) is -0.214. The first-order valence-electron chi connectivity index (χ1n) is 11.6. The van der Waals surface area contributed by atoms with Gasteiger partial charge in [-0.3, -0.25) is 9.59 Å². The zero-order valence-electron chi connectivity index (χ0n) is 18.6. The third kappa shape index (κ3) is 13.9. The summed E-state index contributed by atoms with van der Waals surface area (Å²) in [6.45, 7) is 4.72. The molecule has 1 atom stereocenters. The van der Waals surface area contributed by atoms with Crippen molar-refractivity contribution in [2.45, 2.75) is 103 Å². The zero-order valence-corrected chi connectivity index (χ0v) is 18.6. The van der Waals surface area contributed by atoms with Gasteiger partial charge in [0.25, 0.3) is 0 Å². The van der Waals surface area contributed by atoms with Crippen LogP contribution in [0.3, 0.4) is 0 Å². The summed E-state index contributed by atoms with van der Waals surface area (Å²) in [6.07, 6.45) is 13.9. The van der Waals surface area contributed by atoms with E-state index in [1.807, 2.05) is 37.3 Å². The third-order valence-electron chi connectivity index (χ3n) is 5.22. The quantitative estimate of drug-likeness (QED) is 0.239. The lowest BCUT2D eigenvalue weighted by Crippen LogP contribution is -2.26. The van der Waals surface area contributed by atoms with Gasteiger partial charge in [-0.05, 0) is 25.3 Å². The molecule has 1 amide bonds. The molecule has 1 aromatic rings. The minimum Gasteiger partial charge on any atom is -0.466 e. The number of ether oxygens (including phenoxy) is 1. The Balaban J connectivity index is 1.93. The highest BCUT2D eigenvalue weighted by atomic mass is 16.5. The van der Waals surface area contributed by atoms with Gasteiger partial charge in [0.15, 0.2) is 0 Å². The Hall–Kier alpha value is -1.84. The van der Waals surface area contributed by atoms with Crippen LogP contribution in [0, 0.1) is 0 Å². The van der Waals surface area contributed by atoms with Gasteiger partial charge in [-0.15, -0.1) is 0 Å². The minimum absolute atomic E-state index is 0.0213. The Bertz CT molecular complexity index is 544. The average molecular weight is 404 g/mol. The first-order valence-corrected chi connectivity index (χ1v) is 11.6. The maximum atomic E-state index is 12.0. The second-order valence-corrected chi connectivity index (χ2v) is 7.96. The zero-order chi connectivity index (χ0) is 21.2. The lowest BCUT2D eigenvalue weighted by Gasteiger charge is -2.14. The number of benzene rings is 1. The van der Waals surface area contributed by atoms with Crippen LogP contribution in [0.4, 0.5) is 0 Å². The number of rotatable bonds is 17. The van der Waals surface area contributed by atoms with Crippen LogP contribution in [0.15, 0.2) is 30.3 Å². The van der Waals surface area contributed by atoms with Crippen LogP contribution in [0.2, 0.25) is 0 Å². The van der Waals surface area contributed by atoms with Gasteiger partial charge in [0.2, 0.25) is 5.91 Å². The van der Waals surface area contributed by atoms with Gasteiger partial charge in [0.1, 0.15) is 0 Å². The lowest BCUT2D eigenvalue weighted by atomic mass is 10.1. The molecule has 0 aliphatic rings. The Morgan fingerprint density at radius 3 is 2.03 bits per heavy atom. The monoisotopic (exact) mass is 403 g/mol. The third-order valence-corrected chi connectivity index (χ3v) is 5.22. The molecule has 0 aromatic heterocycles. The molecule has 1 unspecified atom stereocenters. The van der Waals surface area contributed by atoms with Crippen LogP contribution in [-0.4, -0.2) is 18.5 Å². The number of hydrogen-bond donors (Lipinski definition) is 1. The number of esters is 1. The van der Waals surface area contributed by atoms with Crippen LogP contribution in [0.1, 0.15) is 109 Å². The van der Waals surface area contributed by atoms with Gasteiger partial charge in [-0.25, -0.2) is 0 Å². The highest BCUT2D eigenvalue weighted by Crippen LogP contribution is 2.12.